The fourth-order valence-electron chi connectivity index (χ4n) is 3.99. The molecule has 7 nitrogen and oxygen atoms in total. The van der Waals surface area contributed by atoms with Gasteiger partial charge in [-0.15, -0.1) is 0 Å². The van der Waals surface area contributed by atoms with Crippen LogP contribution in [-0.2, 0) is 4.74 Å². The standard InChI is InChI=1S/C24H24N4O3/c1-15-3-2-4-19-20(15)28-23(27-19)22(29)17-5-7-18(8-6-17)31-24-21(25-11-12-26-24)16-9-13-30-14-10-16/h2,4-8,11-12,16,28-29H,3,9-10,13-14H2,1H3. The number of hydrogen-bond acceptors (Lipinski definition) is 6. The zero-order valence-electron chi connectivity index (χ0n) is 17.3. The Morgan fingerprint density at radius 1 is 1.13 bits per heavy atom. The second-order valence-corrected chi connectivity index (χ2v) is 7.84. The molecule has 31 heavy (non-hydrogen) atoms. The Morgan fingerprint density at radius 2 is 1.90 bits per heavy atom. The average Bonchev–Trinajstić information content (AvgIpc) is 3.26. The third-order valence-corrected chi connectivity index (χ3v) is 5.72. The lowest BCUT2D eigenvalue weighted by Crippen LogP contribution is -2.17. The minimum absolute atomic E-state index is 0.101. The summed E-state index contributed by atoms with van der Waals surface area (Å²) in [5.41, 5.74) is 4.04. The summed E-state index contributed by atoms with van der Waals surface area (Å²) in [5, 5.41) is 11.7. The molecule has 0 unspecified atom stereocenters. The van der Waals surface area contributed by atoms with Crippen molar-refractivity contribution < 1.29 is 14.6 Å². The van der Waals surface area contributed by atoms with Crippen LogP contribution in [0.2, 0.25) is 0 Å². The molecule has 1 aliphatic heterocycles. The van der Waals surface area contributed by atoms with Crippen LogP contribution in [0.3, 0.4) is 0 Å². The Kier molecular flexibility index (Phi) is 5.26. The van der Waals surface area contributed by atoms with Crippen LogP contribution >= 0.6 is 0 Å². The van der Waals surface area contributed by atoms with Crippen molar-refractivity contribution in [3.8, 4) is 11.6 Å². The van der Waals surface area contributed by atoms with Crippen molar-refractivity contribution in [2.24, 2.45) is 0 Å². The maximum Gasteiger partial charge on any atom is 0.241 e. The van der Waals surface area contributed by atoms with Gasteiger partial charge in [0.2, 0.25) is 5.88 Å². The number of rotatable bonds is 4. The first-order valence-corrected chi connectivity index (χ1v) is 10.5. The molecule has 1 fully saturated rings. The van der Waals surface area contributed by atoms with Gasteiger partial charge in [0.15, 0.2) is 11.2 Å². The van der Waals surface area contributed by atoms with Gasteiger partial charge < -0.3 is 19.6 Å². The molecule has 0 saturated carbocycles. The minimum atomic E-state index is 0.101. The van der Waals surface area contributed by atoms with E-state index in [1.807, 2.05) is 30.3 Å². The lowest BCUT2D eigenvalue weighted by Gasteiger charge is -2.22. The van der Waals surface area contributed by atoms with E-state index < -0.39 is 0 Å². The Labute approximate surface area is 179 Å². The Hall–Kier alpha value is -3.45. The van der Waals surface area contributed by atoms with Gasteiger partial charge in [-0.05, 0) is 62.1 Å². The van der Waals surface area contributed by atoms with Crippen LogP contribution in [0.1, 0.15) is 49.1 Å². The summed E-state index contributed by atoms with van der Waals surface area (Å²) >= 11 is 0. The number of aliphatic hydroxyl groups is 1. The van der Waals surface area contributed by atoms with E-state index >= 15 is 0 Å². The predicted molar refractivity (Wildman–Crippen MR) is 117 cm³/mol. The molecular weight excluding hydrogens is 392 g/mol. The molecule has 3 aromatic rings. The van der Waals surface area contributed by atoms with E-state index in [0.717, 1.165) is 49.2 Å². The van der Waals surface area contributed by atoms with E-state index in [-0.39, 0.29) is 11.7 Å². The van der Waals surface area contributed by atoms with E-state index in [0.29, 0.717) is 22.7 Å². The lowest BCUT2D eigenvalue weighted by atomic mass is 9.96. The van der Waals surface area contributed by atoms with Gasteiger partial charge in [0.05, 0.1) is 11.0 Å². The highest BCUT2D eigenvalue weighted by atomic mass is 16.5. The van der Waals surface area contributed by atoms with Gasteiger partial charge in [0.1, 0.15) is 11.4 Å². The molecule has 0 spiro atoms. The minimum Gasteiger partial charge on any atom is -0.504 e. The van der Waals surface area contributed by atoms with Gasteiger partial charge in [-0.25, -0.2) is 9.97 Å². The van der Waals surface area contributed by atoms with Crippen molar-refractivity contribution in [1.29, 1.82) is 0 Å². The number of nitrogens with zero attached hydrogens (tertiary/aromatic N) is 3. The van der Waals surface area contributed by atoms with Crippen molar-refractivity contribution in [2.75, 3.05) is 13.2 Å². The number of hydrogen-bond donors (Lipinski definition) is 2. The summed E-state index contributed by atoms with van der Waals surface area (Å²) in [7, 11) is 0. The number of H-pyrrole nitrogens is 1. The molecule has 158 valence electrons. The monoisotopic (exact) mass is 416 g/mol. The average molecular weight is 416 g/mol. The molecular formula is C24H24N4O3. The SMILES string of the molecule is CC1=c2[nH]c(=C(O)c3ccc(Oc4nccnc4C4CCOCC4)cc3)nc2C=CC1. The van der Waals surface area contributed by atoms with Crippen LogP contribution < -0.4 is 15.6 Å². The summed E-state index contributed by atoms with van der Waals surface area (Å²) in [6.07, 6.45) is 10.1. The van der Waals surface area contributed by atoms with E-state index in [4.69, 9.17) is 9.47 Å². The summed E-state index contributed by atoms with van der Waals surface area (Å²) in [5.74, 6) is 1.54. The Morgan fingerprint density at radius 3 is 2.68 bits per heavy atom. The number of aromatic nitrogens is 4. The maximum atomic E-state index is 10.7. The summed E-state index contributed by atoms with van der Waals surface area (Å²) in [4.78, 5) is 16.7. The molecule has 0 radical (unpaired) electrons. The molecule has 2 aliphatic rings. The lowest BCUT2D eigenvalue weighted by molar-refractivity contribution is 0.0839. The number of nitrogens with one attached hydrogen (secondary N) is 1. The Balaban J connectivity index is 1.41. The molecule has 7 heteroatoms. The van der Waals surface area contributed by atoms with Crippen molar-refractivity contribution in [1.82, 2.24) is 19.9 Å². The van der Waals surface area contributed by atoms with E-state index in [1.54, 1.807) is 12.4 Å². The first-order valence-electron chi connectivity index (χ1n) is 10.5. The van der Waals surface area contributed by atoms with E-state index in [2.05, 4.69) is 32.9 Å². The molecule has 0 bridgehead atoms. The van der Waals surface area contributed by atoms with Crippen LogP contribution in [0.15, 0.2) is 42.7 Å². The highest BCUT2D eigenvalue weighted by Gasteiger charge is 2.22. The zero-order chi connectivity index (χ0) is 21.2. The number of imidazole rings is 1. The maximum absolute atomic E-state index is 10.7. The van der Waals surface area contributed by atoms with Gasteiger partial charge in [-0.2, -0.15) is 0 Å². The largest absolute Gasteiger partial charge is 0.504 e. The zero-order valence-corrected chi connectivity index (χ0v) is 17.3. The second-order valence-electron chi connectivity index (χ2n) is 7.84. The van der Waals surface area contributed by atoms with Crippen LogP contribution in [0.5, 0.6) is 11.6 Å². The normalized spacial score (nSPS) is 17.4. The van der Waals surface area contributed by atoms with Gasteiger partial charge in [0.25, 0.3) is 0 Å². The molecule has 1 saturated heterocycles. The fourth-order valence-corrected chi connectivity index (χ4v) is 3.99. The highest BCUT2D eigenvalue weighted by molar-refractivity contribution is 5.61. The van der Waals surface area contributed by atoms with Crippen LogP contribution in [-0.4, -0.2) is 38.3 Å². The molecule has 5 rings (SSSR count). The fraction of sp³-hybridized carbons (Fsp3) is 0.292. The first kappa shape index (κ1) is 19.5. The predicted octanol–water partition coefficient (Wildman–Crippen LogP) is 3.19. The number of ether oxygens (including phenoxy) is 2. The number of fused-ring (bicyclic) bond motifs is 1. The van der Waals surface area contributed by atoms with Gasteiger partial charge in [0, 0.05) is 37.1 Å². The highest BCUT2D eigenvalue weighted by Crippen LogP contribution is 2.32. The smallest absolute Gasteiger partial charge is 0.241 e. The summed E-state index contributed by atoms with van der Waals surface area (Å²) < 4.78 is 11.5. The Bertz CT molecular complexity index is 1240. The molecule has 1 aromatic carbocycles. The van der Waals surface area contributed by atoms with Gasteiger partial charge >= 0.3 is 0 Å². The van der Waals surface area contributed by atoms with Crippen molar-refractivity contribution >= 4 is 17.4 Å². The van der Waals surface area contributed by atoms with Crippen molar-refractivity contribution in [3.63, 3.8) is 0 Å². The van der Waals surface area contributed by atoms with Crippen molar-refractivity contribution in [2.45, 2.75) is 32.1 Å². The third kappa shape index (κ3) is 3.96. The summed E-state index contributed by atoms with van der Waals surface area (Å²) in [6.45, 7) is 3.52. The molecule has 2 N–H and O–H groups in total. The van der Waals surface area contributed by atoms with Crippen LogP contribution in [0.4, 0.5) is 0 Å². The summed E-state index contributed by atoms with van der Waals surface area (Å²) in [6, 6.07) is 7.24. The second kappa shape index (κ2) is 8.35. The number of benzene rings is 1. The number of aromatic amines is 1. The van der Waals surface area contributed by atoms with Crippen LogP contribution in [0, 0.1) is 0 Å². The van der Waals surface area contributed by atoms with E-state index in [9.17, 15) is 5.11 Å². The number of aliphatic hydroxyl groups excluding tert-OH is 1. The third-order valence-electron chi connectivity index (χ3n) is 5.72. The van der Waals surface area contributed by atoms with Gasteiger partial charge in [-0.1, -0.05) is 6.08 Å². The molecule has 2 aromatic heterocycles. The molecule has 0 amide bonds. The molecule has 1 aliphatic carbocycles. The first-order chi connectivity index (χ1) is 15.2. The molecule has 3 heterocycles. The van der Waals surface area contributed by atoms with Crippen molar-refractivity contribution in [3.05, 3.63) is 70.5 Å². The topological polar surface area (TPSA) is 93.2 Å². The number of allylic oxidation sites excluding steroid dienone is 1. The van der Waals surface area contributed by atoms with Crippen LogP contribution in [0.25, 0.3) is 17.4 Å². The quantitative estimate of drug-likeness (QED) is 0.679. The van der Waals surface area contributed by atoms with Gasteiger partial charge in [-0.3, -0.25) is 4.98 Å². The molecule has 0 atom stereocenters. The van der Waals surface area contributed by atoms with E-state index in [1.165, 1.54) is 5.57 Å².